The molecule has 0 fully saturated rings. The van der Waals surface area contributed by atoms with Gasteiger partial charge in [0, 0.05) is 18.7 Å². The van der Waals surface area contributed by atoms with E-state index in [2.05, 4.69) is 22.2 Å². The number of amidine groups is 1. The first kappa shape index (κ1) is 18.6. The quantitative estimate of drug-likeness (QED) is 0.359. The topological polar surface area (TPSA) is 69.4 Å². The highest BCUT2D eigenvalue weighted by atomic mass is 16.5. The third-order valence-corrected chi connectivity index (χ3v) is 3.02. The molecular weight excluding hydrogens is 288 g/mol. The van der Waals surface area contributed by atoms with E-state index in [-0.39, 0.29) is 5.60 Å². The van der Waals surface area contributed by atoms with Gasteiger partial charge in [-0.2, -0.15) is 10.3 Å². The molecule has 1 aromatic carbocycles. The Morgan fingerprint density at radius 3 is 2.65 bits per heavy atom. The Hall–Kier alpha value is -2.48. The first-order valence-corrected chi connectivity index (χ1v) is 7.69. The number of anilines is 1. The van der Waals surface area contributed by atoms with Crippen molar-refractivity contribution in [3.8, 4) is 6.19 Å². The van der Waals surface area contributed by atoms with Crippen LogP contribution >= 0.6 is 0 Å². The highest BCUT2D eigenvalue weighted by Gasteiger charge is 2.12. The van der Waals surface area contributed by atoms with Crippen LogP contribution in [0.4, 0.5) is 5.69 Å². The van der Waals surface area contributed by atoms with Crippen molar-refractivity contribution in [1.29, 1.82) is 5.26 Å². The Morgan fingerprint density at radius 1 is 1.39 bits per heavy atom. The summed E-state index contributed by atoms with van der Waals surface area (Å²) in [5.41, 5.74) is 2.86. The summed E-state index contributed by atoms with van der Waals surface area (Å²) in [6.07, 6.45) is 2.49. The molecule has 23 heavy (non-hydrogen) atoms. The van der Waals surface area contributed by atoms with Crippen molar-refractivity contribution < 1.29 is 4.74 Å². The number of nitrogens with one attached hydrogen (secondary N) is 2. The van der Waals surface area contributed by atoms with E-state index in [0.29, 0.717) is 24.7 Å². The summed E-state index contributed by atoms with van der Waals surface area (Å²) in [6.45, 7) is 14.4. The summed E-state index contributed by atoms with van der Waals surface area (Å²) < 4.78 is 5.65. The Morgan fingerprint density at radius 2 is 2.09 bits per heavy atom. The lowest BCUT2D eigenvalue weighted by atomic mass is 10.1. The Balaban J connectivity index is 2.76. The van der Waals surface area contributed by atoms with Gasteiger partial charge in [-0.15, -0.1) is 0 Å². The van der Waals surface area contributed by atoms with Crippen molar-refractivity contribution in [3.05, 3.63) is 41.8 Å². The van der Waals surface area contributed by atoms with E-state index < -0.39 is 0 Å². The predicted molar refractivity (Wildman–Crippen MR) is 95.0 cm³/mol. The molecule has 2 N–H and O–H groups in total. The zero-order valence-electron chi connectivity index (χ0n) is 14.7. The van der Waals surface area contributed by atoms with Crippen LogP contribution in [0.3, 0.4) is 0 Å². The van der Waals surface area contributed by atoms with Crippen molar-refractivity contribution >= 4 is 11.5 Å². The second-order valence-electron chi connectivity index (χ2n) is 6.28. The molecule has 1 rings (SSSR count). The Bertz CT molecular complexity index is 621. The number of ether oxygens (including phenoxy) is 1. The second-order valence-corrected chi connectivity index (χ2v) is 6.28. The molecule has 0 radical (unpaired) electrons. The van der Waals surface area contributed by atoms with Gasteiger partial charge in [-0.1, -0.05) is 19.1 Å². The van der Waals surface area contributed by atoms with Crippen LogP contribution in [-0.2, 0) is 11.3 Å². The normalized spacial score (nSPS) is 11.6. The van der Waals surface area contributed by atoms with Gasteiger partial charge in [-0.25, -0.2) is 0 Å². The number of nitrogens with zero attached hydrogens (tertiary/aromatic N) is 2. The van der Waals surface area contributed by atoms with Crippen molar-refractivity contribution in [2.75, 3.05) is 5.32 Å². The number of hydrogen-bond donors (Lipinski definition) is 2. The van der Waals surface area contributed by atoms with Gasteiger partial charge in [-0.05, 0) is 51.5 Å². The van der Waals surface area contributed by atoms with Crippen molar-refractivity contribution in [3.63, 3.8) is 0 Å². The molecule has 0 amide bonds. The fraction of sp³-hybridized carbons (Fsp3) is 0.444. The smallest absolute Gasteiger partial charge is 0.207 e. The molecule has 124 valence electrons. The molecule has 5 heteroatoms. The van der Waals surface area contributed by atoms with Crippen LogP contribution in [0.2, 0.25) is 0 Å². The molecule has 0 aliphatic heterocycles. The minimum absolute atomic E-state index is 0.270. The number of hydrogen-bond acceptors (Lipinski definition) is 4. The van der Waals surface area contributed by atoms with Crippen molar-refractivity contribution in [2.45, 2.75) is 53.2 Å². The van der Waals surface area contributed by atoms with Crippen LogP contribution in [0.25, 0.3) is 0 Å². The molecule has 0 atom stereocenters. The first-order valence-electron chi connectivity index (χ1n) is 7.69. The summed E-state index contributed by atoms with van der Waals surface area (Å²) in [7, 11) is 0. The molecule has 0 aromatic heterocycles. The number of nitriles is 1. The fourth-order valence-electron chi connectivity index (χ4n) is 1.93. The van der Waals surface area contributed by atoms with E-state index in [9.17, 15) is 0 Å². The average molecular weight is 314 g/mol. The molecule has 0 unspecified atom stereocenters. The lowest BCUT2D eigenvalue weighted by molar-refractivity contribution is 0.0410. The number of rotatable bonds is 6. The molecule has 0 aliphatic rings. The van der Waals surface area contributed by atoms with Crippen LogP contribution in [0.1, 0.15) is 45.2 Å². The molecule has 1 aromatic rings. The maximum atomic E-state index is 8.70. The van der Waals surface area contributed by atoms with E-state index in [1.807, 2.05) is 59.0 Å². The van der Waals surface area contributed by atoms with E-state index >= 15 is 0 Å². The van der Waals surface area contributed by atoms with Crippen LogP contribution in [0, 0.1) is 18.4 Å². The maximum absolute atomic E-state index is 8.70. The van der Waals surface area contributed by atoms with Crippen LogP contribution in [0.5, 0.6) is 0 Å². The summed E-state index contributed by atoms with van der Waals surface area (Å²) in [5.74, 6) is 1.20. The molecule has 0 heterocycles. The van der Waals surface area contributed by atoms with Crippen molar-refractivity contribution in [2.24, 2.45) is 4.99 Å². The van der Waals surface area contributed by atoms with E-state index in [0.717, 1.165) is 16.8 Å². The zero-order chi connectivity index (χ0) is 17.5. The average Bonchev–Trinajstić information content (AvgIpc) is 2.45. The van der Waals surface area contributed by atoms with Gasteiger partial charge in [-0.3, -0.25) is 0 Å². The number of benzene rings is 1. The third kappa shape index (κ3) is 6.88. The van der Waals surface area contributed by atoms with Crippen LogP contribution < -0.4 is 10.6 Å². The monoisotopic (exact) mass is 314 g/mol. The van der Waals surface area contributed by atoms with Crippen LogP contribution in [-0.4, -0.2) is 11.4 Å². The summed E-state index contributed by atoms with van der Waals surface area (Å²) >= 11 is 0. The van der Waals surface area contributed by atoms with E-state index in [1.54, 1.807) is 0 Å². The van der Waals surface area contributed by atoms with E-state index in [1.165, 1.54) is 0 Å². The molecule has 0 bridgehead atoms. The minimum atomic E-state index is -0.270. The lowest BCUT2D eigenvalue weighted by Gasteiger charge is -2.23. The van der Waals surface area contributed by atoms with Gasteiger partial charge in [0.15, 0.2) is 5.88 Å². The molecule has 0 saturated carbocycles. The van der Waals surface area contributed by atoms with Gasteiger partial charge < -0.3 is 15.4 Å². The summed E-state index contributed by atoms with van der Waals surface area (Å²) in [5, 5.41) is 15.1. The molecule has 0 spiro atoms. The number of aryl methyl sites for hydroxylation is 1. The highest BCUT2D eigenvalue weighted by Crippen LogP contribution is 2.18. The van der Waals surface area contributed by atoms with Crippen molar-refractivity contribution in [1.82, 2.24) is 5.32 Å². The van der Waals surface area contributed by atoms with Gasteiger partial charge in [0.25, 0.3) is 0 Å². The summed E-state index contributed by atoms with van der Waals surface area (Å²) in [4.78, 5) is 3.78. The fourth-order valence-corrected chi connectivity index (χ4v) is 1.93. The lowest BCUT2D eigenvalue weighted by Crippen LogP contribution is -2.25. The molecular formula is C18H26N4O. The van der Waals surface area contributed by atoms with Gasteiger partial charge in [0.1, 0.15) is 11.4 Å². The van der Waals surface area contributed by atoms with Crippen LogP contribution in [0.15, 0.2) is 35.7 Å². The van der Waals surface area contributed by atoms with Gasteiger partial charge >= 0.3 is 0 Å². The third-order valence-electron chi connectivity index (χ3n) is 3.02. The largest absolute Gasteiger partial charge is 0.474 e. The predicted octanol–water partition coefficient (Wildman–Crippen LogP) is 4.07. The first-order chi connectivity index (χ1) is 10.7. The SMILES string of the molecule is C=C(NCc1ccc(C)c(N/C(CC)=N/C#N)c1)OC(C)(C)C. The molecule has 0 saturated heterocycles. The molecule has 5 nitrogen and oxygen atoms in total. The van der Waals surface area contributed by atoms with E-state index in [4.69, 9.17) is 10.00 Å². The standard InChI is InChI=1S/C18H26N4O/c1-7-17(21-12-19)22-16-10-15(9-8-13(16)2)11-20-14(3)23-18(4,5)6/h8-10,20H,3,7,11H2,1-2,4-6H3,(H,21,22). The maximum Gasteiger partial charge on any atom is 0.207 e. The van der Waals surface area contributed by atoms with Gasteiger partial charge in [0.05, 0.1) is 0 Å². The summed E-state index contributed by atoms with van der Waals surface area (Å²) in [6, 6.07) is 6.12. The zero-order valence-corrected chi connectivity index (χ0v) is 14.7. The Kier molecular flexibility index (Phi) is 6.65. The van der Waals surface area contributed by atoms with Gasteiger partial charge in [0.2, 0.25) is 6.19 Å². The second kappa shape index (κ2) is 8.23. The highest BCUT2D eigenvalue weighted by molar-refractivity contribution is 5.96. The number of aliphatic imine (C=N–C) groups is 1. The molecule has 0 aliphatic carbocycles. The Labute approximate surface area is 139 Å². The minimum Gasteiger partial charge on any atom is -0.474 e.